The average molecular weight is 384 g/mol. The van der Waals surface area contributed by atoms with E-state index < -0.39 is 0 Å². The van der Waals surface area contributed by atoms with Gasteiger partial charge in [0.25, 0.3) is 5.91 Å². The molecule has 1 unspecified atom stereocenters. The number of aromatic nitrogens is 2. The van der Waals surface area contributed by atoms with E-state index in [9.17, 15) is 9.18 Å². The Morgan fingerprint density at radius 2 is 2.04 bits per heavy atom. The molecule has 2 aromatic rings. The minimum atomic E-state index is -0.229. The Bertz CT molecular complexity index is 890. The molecule has 0 bridgehead atoms. The predicted octanol–water partition coefficient (Wildman–Crippen LogP) is 4.27. The van der Waals surface area contributed by atoms with Crippen LogP contribution < -0.4 is 4.90 Å². The highest BCUT2D eigenvalue weighted by Gasteiger charge is 2.55. The molecule has 0 N–H and O–H groups in total. The van der Waals surface area contributed by atoms with Crippen LogP contribution in [-0.2, 0) is 0 Å². The van der Waals surface area contributed by atoms with Crippen molar-refractivity contribution in [3.8, 4) is 0 Å². The van der Waals surface area contributed by atoms with Gasteiger partial charge in [-0.1, -0.05) is 6.07 Å². The van der Waals surface area contributed by atoms with Gasteiger partial charge >= 0.3 is 0 Å². The first-order valence-corrected chi connectivity index (χ1v) is 10.1. The van der Waals surface area contributed by atoms with Crippen molar-refractivity contribution in [2.24, 2.45) is 0 Å². The van der Waals surface area contributed by atoms with Crippen LogP contribution in [0.3, 0.4) is 0 Å². The van der Waals surface area contributed by atoms with Crippen molar-refractivity contribution in [2.45, 2.75) is 64.1 Å². The van der Waals surface area contributed by atoms with E-state index in [4.69, 9.17) is 0 Å². The lowest BCUT2D eigenvalue weighted by Crippen LogP contribution is -2.49. The number of rotatable bonds is 3. The van der Waals surface area contributed by atoms with Gasteiger partial charge in [0, 0.05) is 36.6 Å². The Balaban J connectivity index is 1.64. The van der Waals surface area contributed by atoms with Gasteiger partial charge < -0.3 is 9.80 Å². The first-order chi connectivity index (χ1) is 13.2. The van der Waals surface area contributed by atoms with Crippen molar-refractivity contribution in [3.05, 3.63) is 48.0 Å². The van der Waals surface area contributed by atoms with E-state index in [1.165, 1.54) is 6.07 Å². The highest BCUT2D eigenvalue weighted by atomic mass is 19.1. The van der Waals surface area contributed by atoms with Crippen LogP contribution >= 0.6 is 0 Å². The lowest BCUT2D eigenvalue weighted by Gasteiger charge is -2.35. The molecule has 1 aromatic heterocycles. The molecule has 3 heterocycles. The largest absolute Gasteiger partial charge is 0.364 e. The molecule has 6 heteroatoms. The maximum absolute atomic E-state index is 13.8. The molecular weight excluding hydrogens is 355 g/mol. The molecule has 0 radical (unpaired) electrons. The Morgan fingerprint density at radius 1 is 1.25 bits per heavy atom. The summed E-state index contributed by atoms with van der Waals surface area (Å²) < 4.78 is 15.7. The number of halogens is 1. The first-order valence-electron chi connectivity index (χ1n) is 10.1. The lowest BCUT2D eigenvalue weighted by atomic mass is 9.87. The van der Waals surface area contributed by atoms with Gasteiger partial charge in [-0.2, -0.15) is 5.10 Å². The number of carbonyl (C=O) groups excluding carboxylic acids is 1. The second-order valence-corrected chi connectivity index (χ2v) is 9.11. The summed E-state index contributed by atoms with van der Waals surface area (Å²) in [5.74, 6) is -0.221. The summed E-state index contributed by atoms with van der Waals surface area (Å²) in [6, 6.07) is 8.81. The predicted molar refractivity (Wildman–Crippen MR) is 108 cm³/mol. The Hall–Kier alpha value is -2.37. The van der Waals surface area contributed by atoms with Gasteiger partial charge in [0.05, 0.1) is 5.54 Å². The van der Waals surface area contributed by atoms with Crippen molar-refractivity contribution in [3.63, 3.8) is 0 Å². The topological polar surface area (TPSA) is 41.4 Å². The monoisotopic (exact) mass is 384 g/mol. The molecule has 150 valence electrons. The number of anilines is 1. The minimum Gasteiger partial charge on any atom is -0.364 e. The fraction of sp³-hybridized carbons (Fsp3) is 0.545. The molecule has 0 aliphatic carbocycles. The maximum Gasteiger partial charge on any atom is 0.274 e. The second kappa shape index (κ2) is 6.61. The third-order valence-corrected chi connectivity index (χ3v) is 6.26. The maximum atomic E-state index is 13.8. The van der Waals surface area contributed by atoms with Gasteiger partial charge in [0.15, 0.2) is 0 Å². The third-order valence-electron chi connectivity index (χ3n) is 6.26. The Kier molecular flexibility index (Phi) is 4.47. The van der Waals surface area contributed by atoms with Crippen LogP contribution in [0.5, 0.6) is 0 Å². The fourth-order valence-electron chi connectivity index (χ4n) is 5.03. The molecule has 2 fully saturated rings. The van der Waals surface area contributed by atoms with E-state index in [-0.39, 0.29) is 28.8 Å². The summed E-state index contributed by atoms with van der Waals surface area (Å²) in [7, 11) is 0. The third kappa shape index (κ3) is 3.09. The molecule has 1 atom stereocenters. The zero-order chi connectivity index (χ0) is 20.1. The van der Waals surface area contributed by atoms with E-state index in [0.717, 1.165) is 38.0 Å². The highest BCUT2D eigenvalue weighted by molar-refractivity contribution is 5.93. The Labute approximate surface area is 166 Å². The molecule has 4 rings (SSSR count). The zero-order valence-electron chi connectivity index (χ0n) is 17.2. The van der Waals surface area contributed by atoms with Gasteiger partial charge in [-0.25, -0.2) is 4.39 Å². The molecule has 5 nitrogen and oxygen atoms in total. The molecule has 2 aliphatic rings. The van der Waals surface area contributed by atoms with Crippen LogP contribution in [0.4, 0.5) is 10.1 Å². The van der Waals surface area contributed by atoms with Crippen LogP contribution in [0, 0.1) is 5.82 Å². The van der Waals surface area contributed by atoms with E-state index in [1.807, 2.05) is 27.9 Å². The zero-order valence-corrected chi connectivity index (χ0v) is 17.2. The first kappa shape index (κ1) is 19.0. The van der Waals surface area contributed by atoms with E-state index in [2.05, 4.69) is 37.7 Å². The van der Waals surface area contributed by atoms with E-state index in [1.54, 1.807) is 12.1 Å². The summed E-state index contributed by atoms with van der Waals surface area (Å²) in [5.41, 5.74) is 1.00. The number of likely N-dealkylation sites (tertiary alicyclic amines) is 1. The van der Waals surface area contributed by atoms with Crippen LogP contribution in [0.25, 0.3) is 0 Å². The number of amides is 1. The smallest absolute Gasteiger partial charge is 0.274 e. The van der Waals surface area contributed by atoms with Crippen molar-refractivity contribution >= 4 is 11.6 Å². The summed E-state index contributed by atoms with van der Waals surface area (Å²) in [6.45, 7) is 9.94. The van der Waals surface area contributed by atoms with Gasteiger partial charge in [0.2, 0.25) is 0 Å². The molecule has 0 saturated carbocycles. The minimum absolute atomic E-state index is 0.00814. The summed E-state index contributed by atoms with van der Waals surface area (Å²) in [5, 5.41) is 4.50. The number of carbonyl (C=O) groups is 1. The lowest BCUT2D eigenvalue weighted by molar-refractivity contribution is 0.0610. The molecule has 1 amide bonds. The van der Waals surface area contributed by atoms with E-state index in [0.29, 0.717) is 5.69 Å². The van der Waals surface area contributed by atoms with Crippen LogP contribution in [0.1, 0.15) is 63.5 Å². The normalized spacial score (nSPS) is 23.9. The van der Waals surface area contributed by atoms with Crippen LogP contribution in [0.15, 0.2) is 36.5 Å². The SMILES string of the molecule is CC(C)n1ccc(C(=O)N2CCCC23CN(c2cccc(F)c2)C(C)(C)C3)n1. The molecule has 1 aromatic carbocycles. The molecular formula is C22H29FN4O. The molecule has 2 aliphatic heterocycles. The highest BCUT2D eigenvalue weighted by Crippen LogP contribution is 2.47. The van der Waals surface area contributed by atoms with Gasteiger partial charge in [-0.15, -0.1) is 0 Å². The average Bonchev–Trinajstić information content (AvgIpc) is 3.32. The fourth-order valence-corrected chi connectivity index (χ4v) is 5.03. The van der Waals surface area contributed by atoms with Crippen molar-refractivity contribution in [1.29, 1.82) is 0 Å². The molecule has 1 spiro atoms. The number of hydrogen-bond acceptors (Lipinski definition) is 3. The van der Waals surface area contributed by atoms with E-state index >= 15 is 0 Å². The van der Waals surface area contributed by atoms with Crippen molar-refractivity contribution < 1.29 is 9.18 Å². The van der Waals surface area contributed by atoms with Gasteiger partial charge in [-0.3, -0.25) is 9.48 Å². The van der Waals surface area contributed by atoms with Crippen LogP contribution in [0.2, 0.25) is 0 Å². The quantitative estimate of drug-likeness (QED) is 0.794. The number of benzene rings is 1. The summed E-state index contributed by atoms with van der Waals surface area (Å²) >= 11 is 0. The second-order valence-electron chi connectivity index (χ2n) is 9.11. The Morgan fingerprint density at radius 3 is 2.71 bits per heavy atom. The van der Waals surface area contributed by atoms with Gasteiger partial charge in [-0.05, 0) is 71.2 Å². The molecule has 2 saturated heterocycles. The summed E-state index contributed by atoms with van der Waals surface area (Å²) in [6.07, 6.45) is 4.70. The molecule has 28 heavy (non-hydrogen) atoms. The standard InChI is InChI=1S/C22H29FN4O/c1-16(2)27-12-9-19(24-27)20(28)25-11-6-10-22(25)14-21(3,4)26(15-22)18-8-5-7-17(23)13-18/h5,7-9,12-13,16H,6,10-11,14-15H2,1-4H3. The number of nitrogens with zero attached hydrogens (tertiary/aromatic N) is 4. The van der Waals surface area contributed by atoms with Crippen LogP contribution in [-0.4, -0.2) is 44.8 Å². The van der Waals surface area contributed by atoms with Gasteiger partial charge in [0.1, 0.15) is 11.5 Å². The van der Waals surface area contributed by atoms with Crippen molar-refractivity contribution in [1.82, 2.24) is 14.7 Å². The number of hydrogen-bond donors (Lipinski definition) is 0. The summed E-state index contributed by atoms with van der Waals surface area (Å²) in [4.78, 5) is 17.6. The van der Waals surface area contributed by atoms with Crippen molar-refractivity contribution in [2.75, 3.05) is 18.0 Å².